The number of carbonyl (C=O) groups is 1. The quantitative estimate of drug-likeness (QED) is 0.903. The minimum absolute atomic E-state index is 0.117. The number of rotatable bonds is 4. The Bertz CT molecular complexity index is 420. The maximum atomic E-state index is 12.0. The number of hydrogen-bond acceptors (Lipinski definition) is 3. The summed E-state index contributed by atoms with van der Waals surface area (Å²) in [6, 6.07) is 4.74. The van der Waals surface area contributed by atoms with Crippen LogP contribution < -0.4 is 5.32 Å². The molecule has 1 heterocycles. The fourth-order valence-electron chi connectivity index (χ4n) is 1.28. The predicted molar refractivity (Wildman–Crippen MR) is 61.4 cm³/mol. The highest BCUT2D eigenvalue weighted by atomic mass is 19.4. The normalized spacial score (nSPS) is 11.2. The van der Waals surface area contributed by atoms with E-state index in [9.17, 15) is 18.0 Å². The fourth-order valence-corrected chi connectivity index (χ4v) is 1.28. The largest absolute Gasteiger partial charge is 0.390 e. The van der Waals surface area contributed by atoms with Crippen molar-refractivity contribution in [2.45, 2.75) is 12.6 Å². The van der Waals surface area contributed by atoms with E-state index in [0.717, 1.165) is 4.90 Å². The minimum Gasteiger partial charge on any atom is -0.373 e. The van der Waals surface area contributed by atoms with Crippen molar-refractivity contribution >= 4 is 11.7 Å². The van der Waals surface area contributed by atoms with Gasteiger partial charge in [-0.15, -0.1) is 0 Å². The Balaban J connectivity index is 2.68. The lowest BCUT2D eigenvalue weighted by Crippen LogP contribution is -2.31. The minimum atomic E-state index is -4.27. The number of alkyl halides is 3. The van der Waals surface area contributed by atoms with Crippen molar-refractivity contribution in [2.24, 2.45) is 0 Å². The van der Waals surface area contributed by atoms with Crippen molar-refractivity contribution in [3.8, 4) is 0 Å². The van der Waals surface area contributed by atoms with Gasteiger partial charge in [-0.1, -0.05) is 6.07 Å². The van der Waals surface area contributed by atoms with Crippen molar-refractivity contribution in [3.63, 3.8) is 0 Å². The Kier molecular flexibility index (Phi) is 4.52. The predicted octanol–water partition coefficient (Wildman–Crippen LogP) is 2.15. The first-order valence-electron chi connectivity index (χ1n) is 5.30. The molecule has 0 aliphatic heterocycles. The van der Waals surface area contributed by atoms with Crippen molar-refractivity contribution < 1.29 is 18.0 Å². The highest BCUT2D eigenvalue weighted by Crippen LogP contribution is 2.19. The molecule has 1 N–H and O–H groups in total. The molecule has 0 saturated carbocycles. The number of anilines is 1. The number of nitrogens with one attached hydrogen (secondary N) is 1. The van der Waals surface area contributed by atoms with E-state index in [4.69, 9.17) is 0 Å². The number of pyridine rings is 1. The molecule has 0 fully saturated rings. The van der Waals surface area contributed by atoms with E-state index in [1.165, 1.54) is 13.1 Å². The summed E-state index contributed by atoms with van der Waals surface area (Å²) in [6.45, 7) is -0.381. The molecule has 1 amide bonds. The molecule has 1 rings (SSSR count). The average molecular weight is 261 g/mol. The summed E-state index contributed by atoms with van der Waals surface area (Å²) in [5.41, 5.74) is 0.117. The monoisotopic (exact) mass is 261 g/mol. The van der Waals surface area contributed by atoms with Gasteiger partial charge in [-0.25, -0.2) is 4.98 Å². The Hall–Kier alpha value is -1.79. The average Bonchev–Trinajstić information content (AvgIpc) is 2.34. The van der Waals surface area contributed by atoms with Crippen LogP contribution in [0.25, 0.3) is 0 Å². The van der Waals surface area contributed by atoms with E-state index in [1.807, 2.05) is 0 Å². The number of aromatic nitrogens is 1. The maximum absolute atomic E-state index is 12.0. The van der Waals surface area contributed by atoms with Crippen molar-refractivity contribution in [3.05, 3.63) is 23.9 Å². The van der Waals surface area contributed by atoms with Crippen molar-refractivity contribution in [1.82, 2.24) is 9.88 Å². The van der Waals surface area contributed by atoms with Gasteiger partial charge in [0, 0.05) is 20.6 Å². The third kappa shape index (κ3) is 4.23. The molecule has 4 nitrogen and oxygen atoms in total. The third-order valence-corrected chi connectivity index (χ3v) is 2.30. The molecule has 1 aromatic rings. The molecule has 1 aromatic heterocycles. The van der Waals surface area contributed by atoms with Crippen LogP contribution in [0.3, 0.4) is 0 Å². The Morgan fingerprint density at radius 2 is 2.11 bits per heavy atom. The third-order valence-electron chi connectivity index (χ3n) is 2.30. The maximum Gasteiger partial charge on any atom is 0.390 e. The van der Waals surface area contributed by atoms with Gasteiger partial charge in [0.2, 0.25) is 0 Å². The zero-order chi connectivity index (χ0) is 13.8. The van der Waals surface area contributed by atoms with Crippen LogP contribution in [0.2, 0.25) is 0 Å². The van der Waals surface area contributed by atoms with Gasteiger partial charge in [-0.2, -0.15) is 13.2 Å². The van der Waals surface area contributed by atoms with Crippen LogP contribution in [0, 0.1) is 0 Å². The van der Waals surface area contributed by atoms with Gasteiger partial charge in [0.1, 0.15) is 11.5 Å². The first-order valence-corrected chi connectivity index (χ1v) is 5.30. The van der Waals surface area contributed by atoms with E-state index in [2.05, 4.69) is 10.3 Å². The van der Waals surface area contributed by atoms with E-state index >= 15 is 0 Å². The molecule has 0 spiro atoms. The molecule has 100 valence electrons. The number of halogens is 3. The second kappa shape index (κ2) is 5.70. The van der Waals surface area contributed by atoms with Crippen LogP contribution in [0.1, 0.15) is 16.9 Å². The summed E-state index contributed by atoms with van der Waals surface area (Å²) < 4.78 is 36.1. The van der Waals surface area contributed by atoms with E-state index in [0.29, 0.717) is 5.82 Å². The lowest BCUT2D eigenvalue weighted by atomic mass is 10.3. The first-order chi connectivity index (χ1) is 8.33. The molecule has 0 aliphatic carbocycles. The molecule has 18 heavy (non-hydrogen) atoms. The molecule has 0 aromatic carbocycles. The summed E-state index contributed by atoms with van der Waals surface area (Å²) in [7, 11) is 2.96. The smallest absolute Gasteiger partial charge is 0.373 e. The SMILES string of the molecule is CNc1cccc(C(=O)N(C)CCC(F)(F)F)n1. The second-order valence-electron chi connectivity index (χ2n) is 3.75. The van der Waals surface area contributed by atoms with Gasteiger partial charge in [0.25, 0.3) is 5.91 Å². The lowest BCUT2D eigenvalue weighted by Gasteiger charge is -2.17. The molecule has 0 radical (unpaired) electrons. The molecule has 0 bridgehead atoms. The molecular weight excluding hydrogens is 247 g/mol. The zero-order valence-corrected chi connectivity index (χ0v) is 10.1. The molecular formula is C11H14F3N3O. The van der Waals surface area contributed by atoms with Gasteiger partial charge < -0.3 is 10.2 Å². The van der Waals surface area contributed by atoms with Crippen LogP contribution in [-0.2, 0) is 0 Å². The van der Waals surface area contributed by atoms with Gasteiger partial charge in [0.15, 0.2) is 0 Å². The summed E-state index contributed by atoms with van der Waals surface area (Å²) in [5, 5.41) is 2.76. The van der Waals surface area contributed by atoms with Crippen LogP contribution in [0.15, 0.2) is 18.2 Å². The molecule has 0 unspecified atom stereocenters. The Labute approximate surface area is 103 Å². The van der Waals surface area contributed by atoms with Gasteiger partial charge in [-0.3, -0.25) is 4.79 Å². The van der Waals surface area contributed by atoms with E-state index < -0.39 is 18.5 Å². The summed E-state index contributed by atoms with van der Waals surface area (Å²) in [5.74, 6) is -0.0404. The number of hydrogen-bond donors (Lipinski definition) is 1. The summed E-state index contributed by atoms with van der Waals surface area (Å²) >= 11 is 0. The van der Waals surface area contributed by atoms with Crippen LogP contribution in [0.4, 0.5) is 19.0 Å². The summed E-state index contributed by atoms with van der Waals surface area (Å²) in [4.78, 5) is 16.8. The van der Waals surface area contributed by atoms with Crippen LogP contribution >= 0.6 is 0 Å². The number of amides is 1. The Morgan fingerprint density at radius 1 is 1.44 bits per heavy atom. The van der Waals surface area contributed by atoms with Gasteiger partial charge in [-0.05, 0) is 12.1 Å². The standard InChI is InChI=1S/C11H14F3N3O/c1-15-9-5-3-4-8(16-9)10(18)17(2)7-6-11(12,13)14/h3-5H,6-7H2,1-2H3,(H,15,16). The topological polar surface area (TPSA) is 45.2 Å². The molecule has 0 saturated heterocycles. The lowest BCUT2D eigenvalue weighted by molar-refractivity contribution is -0.136. The summed E-state index contributed by atoms with van der Waals surface area (Å²) in [6.07, 6.45) is -5.30. The number of nitrogens with zero attached hydrogens (tertiary/aromatic N) is 2. The van der Waals surface area contributed by atoms with Crippen LogP contribution in [0.5, 0.6) is 0 Å². The molecule has 7 heteroatoms. The van der Waals surface area contributed by atoms with Gasteiger partial charge >= 0.3 is 6.18 Å². The highest BCUT2D eigenvalue weighted by molar-refractivity contribution is 5.92. The molecule has 0 aliphatic rings. The second-order valence-corrected chi connectivity index (χ2v) is 3.75. The van der Waals surface area contributed by atoms with E-state index in [-0.39, 0.29) is 12.2 Å². The van der Waals surface area contributed by atoms with E-state index in [1.54, 1.807) is 19.2 Å². The van der Waals surface area contributed by atoms with Crippen molar-refractivity contribution in [1.29, 1.82) is 0 Å². The first kappa shape index (κ1) is 14.3. The number of carbonyl (C=O) groups excluding carboxylic acids is 1. The van der Waals surface area contributed by atoms with Crippen molar-refractivity contribution in [2.75, 3.05) is 26.0 Å². The highest BCUT2D eigenvalue weighted by Gasteiger charge is 2.28. The Morgan fingerprint density at radius 3 is 2.67 bits per heavy atom. The fraction of sp³-hybridized carbons (Fsp3) is 0.455. The zero-order valence-electron chi connectivity index (χ0n) is 10.1. The van der Waals surface area contributed by atoms with Crippen LogP contribution in [-0.4, -0.2) is 42.6 Å². The van der Waals surface area contributed by atoms with Gasteiger partial charge in [0.05, 0.1) is 6.42 Å². The molecule has 0 atom stereocenters.